The lowest BCUT2D eigenvalue weighted by Gasteiger charge is -2.34. The number of nitrogens with one attached hydrogen (secondary N) is 1. The van der Waals surface area contributed by atoms with Crippen LogP contribution in [0, 0.1) is 27.7 Å². The summed E-state index contributed by atoms with van der Waals surface area (Å²) in [7, 11) is 0. The molecule has 3 aromatic rings. The van der Waals surface area contributed by atoms with E-state index in [-0.39, 0.29) is 5.91 Å². The van der Waals surface area contributed by atoms with Crippen LogP contribution >= 0.6 is 11.3 Å². The van der Waals surface area contributed by atoms with E-state index in [2.05, 4.69) is 48.0 Å². The Bertz CT molecular complexity index is 1070. The van der Waals surface area contributed by atoms with Crippen molar-refractivity contribution < 1.29 is 4.79 Å². The highest BCUT2D eigenvalue weighted by atomic mass is 32.1. The molecule has 0 saturated carbocycles. The fourth-order valence-corrected chi connectivity index (χ4v) is 5.04. The molecule has 0 spiro atoms. The Labute approximate surface area is 182 Å². The van der Waals surface area contributed by atoms with E-state index in [1.54, 1.807) is 11.3 Å². The number of hydrogen-bond donors (Lipinski definition) is 1. The Kier molecular flexibility index (Phi) is 6.06. The van der Waals surface area contributed by atoms with Gasteiger partial charge in [0.2, 0.25) is 0 Å². The van der Waals surface area contributed by atoms with Crippen molar-refractivity contribution in [1.82, 2.24) is 15.2 Å². The number of benzene rings is 2. The van der Waals surface area contributed by atoms with Gasteiger partial charge in [0.1, 0.15) is 0 Å². The second kappa shape index (κ2) is 8.74. The van der Waals surface area contributed by atoms with Crippen molar-refractivity contribution in [3.63, 3.8) is 0 Å². The molecule has 30 heavy (non-hydrogen) atoms. The quantitative estimate of drug-likeness (QED) is 0.673. The standard InChI is InChI=1S/C24H30N4OS/c1-16-13-19(4)22-21(14-16)26-24(30-22)28-11-9-27(10-12-28)8-7-25-23(29)20-6-5-17(2)18(3)15-20/h5-6,13-15H,7-12H2,1-4H3,(H,25,29). The summed E-state index contributed by atoms with van der Waals surface area (Å²) in [5.41, 5.74) is 6.80. The van der Waals surface area contributed by atoms with E-state index in [0.717, 1.165) is 54.5 Å². The molecule has 0 bridgehead atoms. The largest absolute Gasteiger partial charge is 0.351 e. The van der Waals surface area contributed by atoms with Gasteiger partial charge in [-0.2, -0.15) is 0 Å². The van der Waals surface area contributed by atoms with Crippen molar-refractivity contribution in [2.24, 2.45) is 0 Å². The lowest BCUT2D eigenvalue weighted by molar-refractivity contribution is 0.0947. The van der Waals surface area contributed by atoms with E-state index in [1.807, 2.05) is 25.1 Å². The molecule has 0 aliphatic carbocycles. The molecule has 2 aromatic carbocycles. The van der Waals surface area contributed by atoms with Gasteiger partial charge < -0.3 is 10.2 Å². The predicted molar refractivity (Wildman–Crippen MR) is 126 cm³/mol. The zero-order chi connectivity index (χ0) is 21.3. The molecule has 5 nitrogen and oxygen atoms in total. The van der Waals surface area contributed by atoms with Gasteiger partial charge in [0, 0.05) is 44.8 Å². The highest BCUT2D eigenvalue weighted by molar-refractivity contribution is 7.22. The maximum Gasteiger partial charge on any atom is 0.251 e. The number of thiazole rings is 1. The summed E-state index contributed by atoms with van der Waals surface area (Å²) in [5.74, 6) is 0.0110. The number of nitrogens with zero attached hydrogens (tertiary/aromatic N) is 3. The lowest BCUT2D eigenvalue weighted by Crippen LogP contribution is -2.48. The summed E-state index contributed by atoms with van der Waals surface area (Å²) in [4.78, 5) is 22.1. The van der Waals surface area contributed by atoms with Gasteiger partial charge >= 0.3 is 0 Å². The minimum absolute atomic E-state index is 0.0110. The van der Waals surface area contributed by atoms with Crippen LogP contribution in [0.25, 0.3) is 10.2 Å². The molecule has 4 rings (SSSR count). The van der Waals surface area contributed by atoms with Crippen LogP contribution in [0.15, 0.2) is 30.3 Å². The second-order valence-electron chi connectivity index (χ2n) is 8.31. The van der Waals surface area contributed by atoms with Gasteiger partial charge in [0.15, 0.2) is 5.13 Å². The first kappa shape index (κ1) is 20.8. The van der Waals surface area contributed by atoms with Crippen molar-refractivity contribution in [1.29, 1.82) is 0 Å². The van der Waals surface area contributed by atoms with Crippen LogP contribution in [0.2, 0.25) is 0 Å². The number of anilines is 1. The lowest BCUT2D eigenvalue weighted by atomic mass is 10.1. The van der Waals surface area contributed by atoms with Crippen molar-refractivity contribution in [2.75, 3.05) is 44.2 Å². The normalized spacial score (nSPS) is 15.0. The summed E-state index contributed by atoms with van der Waals surface area (Å²) >= 11 is 1.80. The summed E-state index contributed by atoms with van der Waals surface area (Å²) in [6.45, 7) is 13.9. The molecular weight excluding hydrogens is 392 g/mol. The van der Waals surface area contributed by atoms with Crippen LogP contribution in [0.4, 0.5) is 5.13 Å². The smallest absolute Gasteiger partial charge is 0.251 e. The summed E-state index contributed by atoms with van der Waals surface area (Å²) < 4.78 is 1.30. The molecule has 0 atom stereocenters. The van der Waals surface area contributed by atoms with Crippen molar-refractivity contribution in [3.05, 3.63) is 58.1 Å². The maximum atomic E-state index is 12.4. The molecule has 2 heterocycles. The fourth-order valence-electron chi connectivity index (χ4n) is 3.98. The number of carbonyl (C=O) groups is 1. The third-order valence-corrected chi connectivity index (χ3v) is 7.20. The molecule has 0 unspecified atom stereocenters. The van der Waals surface area contributed by atoms with E-state index in [1.165, 1.54) is 21.4 Å². The van der Waals surface area contributed by atoms with Gasteiger partial charge in [-0.05, 0) is 68.1 Å². The molecule has 1 aliphatic rings. The van der Waals surface area contributed by atoms with Gasteiger partial charge in [-0.15, -0.1) is 0 Å². The monoisotopic (exact) mass is 422 g/mol. The number of carbonyl (C=O) groups excluding carboxylic acids is 1. The number of fused-ring (bicyclic) bond motifs is 1. The van der Waals surface area contributed by atoms with Gasteiger partial charge in [-0.3, -0.25) is 9.69 Å². The van der Waals surface area contributed by atoms with E-state index in [9.17, 15) is 4.79 Å². The molecule has 0 radical (unpaired) electrons. The Hall–Kier alpha value is -2.44. The summed E-state index contributed by atoms with van der Waals surface area (Å²) in [6.07, 6.45) is 0. The first-order chi connectivity index (χ1) is 14.4. The van der Waals surface area contributed by atoms with Gasteiger partial charge in [-0.25, -0.2) is 4.98 Å². The first-order valence-corrected chi connectivity index (χ1v) is 11.4. The first-order valence-electron chi connectivity index (χ1n) is 10.6. The molecular formula is C24H30N4OS. The minimum Gasteiger partial charge on any atom is -0.351 e. The summed E-state index contributed by atoms with van der Waals surface area (Å²) in [6, 6.07) is 10.3. The third kappa shape index (κ3) is 4.50. The van der Waals surface area contributed by atoms with Crippen molar-refractivity contribution in [3.8, 4) is 0 Å². The molecule has 1 aliphatic heterocycles. The predicted octanol–water partition coefficient (Wildman–Crippen LogP) is 4.08. The zero-order valence-electron chi connectivity index (χ0n) is 18.3. The van der Waals surface area contributed by atoms with Gasteiger partial charge in [-0.1, -0.05) is 23.5 Å². The highest BCUT2D eigenvalue weighted by Crippen LogP contribution is 2.32. The highest BCUT2D eigenvalue weighted by Gasteiger charge is 2.20. The van der Waals surface area contributed by atoms with E-state index >= 15 is 0 Å². The molecule has 1 N–H and O–H groups in total. The van der Waals surface area contributed by atoms with Gasteiger partial charge in [0.05, 0.1) is 10.2 Å². The third-order valence-electron chi connectivity index (χ3n) is 5.93. The minimum atomic E-state index is 0.0110. The Morgan fingerprint density at radius 2 is 1.77 bits per heavy atom. The average molecular weight is 423 g/mol. The average Bonchev–Trinajstić information content (AvgIpc) is 3.15. The fraction of sp³-hybridized carbons (Fsp3) is 0.417. The maximum absolute atomic E-state index is 12.4. The number of amides is 1. The van der Waals surface area contributed by atoms with Crippen LogP contribution < -0.4 is 10.2 Å². The number of piperazine rings is 1. The number of hydrogen-bond acceptors (Lipinski definition) is 5. The molecule has 1 aromatic heterocycles. The van der Waals surface area contributed by atoms with Crippen LogP contribution in [0.1, 0.15) is 32.6 Å². The topological polar surface area (TPSA) is 48.5 Å². The van der Waals surface area contributed by atoms with Crippen LogP contribution in [0.3, 0.4) is 0 Å². The SMILES string of the molecule is Cc1cc(C)c2sc(N3CCN(CCNC(=O)c4ccc(C)c(C)c4)CC3)nc2c1. The van der Waals surface area contributed by atoms with E-state index in [4.69, 9.17) is 4.98 Å². The molecule has 1 saturated heterocycles. The zero-order valence-corrected chi connectivity index (χ0v) is 19.1. The van der Waals surface area contributed by atoms with E-state index in [0.29, 0.717) is 6.54 Å². The van der Waals surface area contributed by atoms with Gasteiger partial charge in [0.25, 0.3) is 5.91 Å². The Morgan fingerprint density at radius 1 is 1.00 bits per heavy atom. The molecule has 1 fully saturated rings. The number of aryl methyl sites for hydroxylation is 4. The second-order valence-corrected chi connectivity index (χ2v) is 9.29. The number of rotatable bonds is 5. The summed E-state index contributed by atoms with van der Waals surface area (Å²) in [5, 5.41) is 4.19. The molecule has 158 valence electrons. The number of aromatic nitrogens is 1. The van der Waals surface area contributed by atoms with Crippen LogP contribution in [-0.4, -0.2) is 55.1 Å². The van der Waals surface area contributed by atoms with Crippen molar-refractivity contribution in [2.45, 2.75) is 27.7 Å². The van der Waals surface area contributed by atoms with Crippen LogP contribution in [-0.2, 0) is 0 Å². The Balaban J connectivity index is 1.27. The van der Waals surface area contributed by atoms with Crippen LogP contribution in [0.5, 0.6) is 0 Å². The molecule has 1 amide bonds. The van der Waals surface area contributed by atoms with Crippen molar-refractivity contribution >= 4 is 32.6 Å². The Morgan fingerprint density at radius 3 is 2.50 bits per heavy atom. The molecule has 6 heteroatoms. The van der Waals surface area contributed by atoms with E-state index < -0.39 is 0 Å².